The average molecular weight is 481 g/mol. The van der Waals surface area contributed by atoms with E-state index in [4.69, 9.17) is 4.74 Å². The lowest BCUT2D eigenvalue weighted by atomic mass is 10.2. The van der Waals surface area contributed by atoms with Gasteiger partial charge in [-0.2, -0.15) is 0 Å². The first-order valence-electron chi connectivity index (χ1n) is 10.7. The Labute approximate surface area is 199 Å². The van der Waals surface area contributed by atoms with Gasteiger partial charge < -0.3 is 10.1 Å². The molecule has 1 unspecified atom stereocenters. The maximum atomic E-state index is 12.8. The zero-order valence-corrected chi connectivity index (χ0v) is 20.2. The lowest BCUT2D eigenvalue weighted by Crippen LogP contribution is -2.26. The van der Waals surface area contributed by atoms with E-state index in [0.717, 1.165) is 17.0 Å². The number of nitrogens with one attached hydrogen (secondary N) is 1. The first-order chi connectivity index (χ1) is 16.0. The third-order valence-corrected chi connectivity index (χ3v) is 6.84. The molecule has 7 nitrogen and oxygen atoms in total. The highest BCUT2D eigenvalue weighted by molar-refractivity contribution is 8.00. The Bertz CT molecular complexity index is 1330. The van der Waals surface area contributed by atoms with E-state index in [2.05, 4.69) is 15.3 Å². The Kier molecular flexibility index (Phi) is 7.10. The number of anilines is 1. The van der Waals surface area contributed by atoms with E-state index in [-0.39, 0.29) is 11.5 Å². The number of rotatable bonds is 8. The summed E-state index contributed by atoms with van der Waals surface area (Å²) in [5, 5.41) is 5.95. The van der Waals surface area contributed by atoms with Gasteiger partial charge in [0.1, 0.15) is 5.75 Å². The predicted molar refractivity (Wildman–Crippen MR) is 134 cm³/mol. The second kappa shape index (κ2) is 10.2. The van der Waals surface area contributed by atoms with Gasteiger partial charge in [-0.1, -0.05) is 23.9 Å². The van der Waals surface area contributed by atoms with Crippen molar-refractivity contribution in [3.63, 3.8) is 0 Å². The summed E-state index contributed by atoms with van der Waals surface area (Å²) in [5.41, 5.74) is 2.26. The molecule has 170 valence electrons. The number of benzene rings is 2. The van der Waals surface area contributed by atoms with Crippen LogP contribution in [0.25, 0.3) is 22.2 Å². The number of ether oxygens (including phenoxy) is 1. The molecular formula is C24H24N4O3S2. The van der Waals surface area contributed by atoms with Crippen LogP contribution in [0.15, 0.2) is 63.9 Å². The van der Waals surface area contributed by atoms with E-state index in [0.29, 0.717) is 34.3 Å². The van der Waals surface area contributed by atoms with E-state index in [1.165, 1.54) is 23.1 Å². The van der Waals surface area contributed by atoms with Crippen molar-refractivity contribution < 1.29 is 9.53 Å². The van der Waals surface area contributed by atoms with Gasteiger partial charge in [0.2, 0.25) is 5.91 Å². The Morgan fingerprint density at radius 1 is 1.15 bits per heavy atom. The number of aromatic nitrogens is 3. The smallest absolute Gasteiger partial charge is 0.262 e. The number of thiazole rings is 1. The van der Waals surface area contributed by atoms with Crippen LogP contribution >= 0.6 is 23.1 Å². The minimum Gasteiger partial charge on any atom is -0.494 e. The van der Waals surface area contributed by atoms with Crippen molar-refractivity contribution in [3.05, 3.63) is 64.3 Å². The molecule has 2 aromatic carbocycles. The van der Waals surface area contributed by atoms with Gasteiger partial charge in [0.15, 0.2) is 10.3 Å². The van der Waals surface area contributed by atoms with Gasteiger partial charge in [0.25, 0.3) is 5.56 Å². The molecule has 9 heteroatoms. The third-order valence-electron chi connectivity index (χ3n) is 4.99. The maximum absolute atomic E-state index is 12.8. The molecule has 0 saturated carbocycles. The largest absolute Gasteiger partial charge is 0.494 e. The highest BCUT2D eigenvalue weighted by Crippen LogP contribution is 2.28. The predicted octanol–water partition coefficient (Wildman–Crippen LogP) is 5.06. The molecule has 33 heavy (non-hydrogen) atoms. The van der Waals surface area contributed by atoms with Gasteiger partial charge in [-0.25, -0.2) is 9.97 Å². The molecule has 0 spiro atoms. The molecule has 0 fully saturated rings. The van der Waals surface area contributed by atoms with Crippen molar-refractivity contribution in [2.75, 3.05) is 11.9 Å². The van der Waals surface area contributed by atoms with Crippen LogP contribution in [0.1, 0.15) is 20.8 Å². The number of hydrogen-bond donors (Lipinski definition) is 1. The van der Waals surface area contributed by atoms with Gasteiger partial charge in [-0.3, -0.25) is 14.2 Å². The van der Waals surface area contributed by atoms with Crippen LogP contribution in [0.3, 0.4) is 0 Å². The van der Waals surface area contributed by atoms with Crippen LogP contribution in [0.2, 0.25) is 0 Å². The number of carbonyl (C=O) groups excluding carboxylic acids is 1. The van der Waals surface area contributed by atoms with Gasteiger partial charge in [0, 0.05) is 17.5 Å². The van der Waals surface area contributed by atoms with Crippen molar-refractivity contribution in [2.24, 2.45) is 0 Å². The first-order valence-corrected chi connectivity index (χ1v) is 12.4. The minimum atomic E-state index is -0.464. The number of fused-ring (bicyclic) bond motifs is 1. The zero-order valence-electron chi connectivity index (χ0n) is 18.6. The summed E-state index contributed by atoms with van der Waals surface area (Å²) in [6.45, 7) is 6.73. The third kappa shape index (κ3) is 5.09. The Balaban J connectivity index is 1.47. The minimum absolute atomic E-state index is 0.0990. The summed E-state index contributed by atoms with van der Waals surface area (Å²) in [4.78, 5) is 34.8. The average Bonchev–Trinajstić information content (AvgIpc) is 3.28. The van der Waals surface area contributed by atoms with Gasteiger partial charge in [-0.15, -0.1) is 11.3 Å². The fourth-order valence-electron chi connectivity index (χ4n) is 3.29. The van der Waals surface area contributed by atoms with Crippen LogP contribution < -0.4 is 15.6 Å². The van der Waals surface area contributed by atoms with E-state index in [1.54, 1.807) is 17.6 Å². The van der Waals surface area contributed by atoms with E-state index >= 15 is 0 Å². The molecule has 1 amide bonds. The summed E-state index contributed by atoms with van der Waals surface area (Å²) in [6, 6.07) is 14.9. The summed E-state index contributed by atoms with van der Waals surface area (Å²) in [6.07, 6.45) is 0. The fraction of sp³-hybridized carbons (Fsp3) is 0.250. The second-order valence-electron chi connectivity index (χ2n) is 7.21. The van der Waals surface area contributed by atoms with Crippen LogP contribution in [0.4, 0.5) is 5.13 Å². The van der Waals surface area contributed by atoms with Crippen molar-refractivity contribution in [1.29, 1.82) is 0 Å². The van der Waals surface area contributed by atoms with Gasteiger partial charge in [0.05, 0.1) is 28.5 Å². The topological polar surface area (TPSA) is 86.1 Å². The van der Waals surface area contributed by atoms with Crippen molar-refractivity contribution in [3.8, 4) is 17.0 Å². The molecule has 0 aliphatic rings. The monoisotopic (exact) mass is 480 g/mol. The Morgan fingerprint density at radius 2 is 1.91 bits per heavy atom. The Hall–Kier alpha value is -3.17. The quantitative estimate of drug-likeness (QED) is 0.280. The van der Waals surface area contributed by atoms with Gasteiger partial charge in [-0.05, 0) is 57.2 Å². The number of para-hydroxylation sites is 1. The highest BCUT2D eigenvalue weighted by Gasteiger charge is 2.20. The molecule has 4 rings (SSSR count). The summed E-state index contributed by atoms with van der Waals surface area (Å²) in [5.74, 6) is 0.612. The van der Waals surface area contributed by atoms with Gasteiger partial charge >= 0.3 is 0 Å². The molecule has 1 N–H and O–H groups in total. The van der Waals surface area contributed by atoms with Crippen molar-refractivity contribution >= 4 is 45.0 Å². The van der Waals surface area contributed by atoms with Crippen LogP contribution in [0.5, 0.6) is 5.75 Å². The normalized spacial score (nSPS) is 12.0. The molecule has 0 aliphatic heterocycles. The Morgan fingerprint density at radius 3 is 2.64 bits per heavy atom. The standard InChI is InChI=1S/C24H24N4O3S2/c1-4-28-22(30)18-8-6-7-9-19(18)26-24(28)33-15(3)21(29)27-23-25-20(14-32-23)16-10-12-17(13-11-16)31-5-2/h6-15H,4-5H2,1-3H3,(H,25,27,29). The molecular weight excluding hydrogens is 456 g/mol. The number of amides is 1. The molecule has 0 saturated heterocycles. The second-order valence-corrected chi connectivity index (χ2v) is 9.37. The molecule has 1 atom stereocenters. The molecule has 4 aromatic rings. The molecule has 0 radical (unpaired) electrons. The van der Waals surface area contributed by atoms with Crippen LogP contribution in [-0.2, 0) is 11.3 Å². The van der Waals surface area contributed by atoms with Crippen LogP contribution in [-0.4, -0.2) is 32.3 Å². The molecule has 2 heterocycles. The molecule has 0 aliphatic carbocycles. The summed E-state index contributed by atoms with van der Waals surface area (Å²) < 4.78 is 7.08. The van der Waals surface area contributed by atoms with E-state index in [1.807, 2.05) is 61.7 Å². The number of nitrogens with zero attached hydrogens (tertiary/aromatic N) is 3. The number of carbonyl (C=O) groups is 1. The first kappa shape index (κ1) is 23.0. The zero-order chi connectivity index (χ0) is 23.4. The highest BCUT2D eigenvalue weighted by atomic mass is 32.2. The molecule has 2 aromatic heterocycles. The summed E-state index contributed by atoms with van der Waals surface area (Å²) >= 11 is 2.63. The van der Waals surface area contributed by atoms with Crippen molar-refractivity contribution in [1.82, 2.24) is 14.5 Å². The van der Waals surface area contributed by atoms with E-state index < -0.39 is 5.25 Å². The lowest BCUT2D eigenvalue weighted by Gasteiger charge is -2.14. The SMILES string of the molecule is CCOc1ccc(-c2csc(NC(=O)C(C)Sc3nc4ccccc4c(=O)n3CC)n2)cc1. The summed E-state index contributed by atoms with van der Waals surface area (Å²) in [7, 11) is 0. The lowest BCUT2D eigenvalue weighted by molar-refractivity contribution is -0.115. The molecule has 0 bridgehead atoms. The number of thioether (sulfide) groups is 1. The van der Waals surface area contributed by atoms with Crippen LogP contribution in [0, 0.1) is 0 Å². The van der Waals surface area contributed by atoms with Crippen molar-refractivity contribution in [2.45, 2.75) is 37.7 Å². The maximum Gasteiger partial charge on any atom is 0.262 e. The fourth-order valence-corrected chi connectivity index (χ4v) is 4.98. The van der Waals surface area contributed by atoms with E-state index in [9.17, 15) is 9.59 Å². The number of hydrogen-bond acceptors (Lipinski definition) is 7.